The molecular weight excluding hydrogens is 196 g/mol. The molecule has 0 aromatic carbocycles. The highest BCUT2D eigenvalue weighted by Gasteiger charge is 2.17. The number of nitrogens with zero attached hydrogens (tertiary/aromatic N) is 1. The van der Waals surface area contributed by atoms with E-state index in [0.29, 0.717) is 0 Å². The number of hydrogen-bond acceptors (Lipinski definition) is 2. The standard InChI is InChI=1S/C14H26N2/c1-3-5-6-7-10-15-14-8-12-16(11-4-2)13-9-14/h1,14-15H,4-13H2,2H3. The van der Waals surface area contributed by atoms with E-state index in [4.69, 9.17) is 6.42 Å². The number of unbranched alkanes of at least 4 members (excludes halogenated alkanes) is 2. The van der Waals surface area contributed by atoms with E-state index in [1.54, 1.807) is 0 Å². The van der Waals surface area contributed by atoms with Crippen LogP contribution in [0.4, 0.5) is 0 Å². The molecule has 92 valence electrons. The SMILES string of the molecule is C#CCCCCNC1CCN(CCC)CC1. The first-order valence-corrected chi connectivity index (χ1v) is 6.76. The number of likely N-dealkylation sites (tertiary alicyclic amines) is 1. The Balaban J connectivity index is 1.98. The van der Waals surface area contributed by atoms with Gasteiger partial charge in [0.05, 0.1) is 0 Å². The van der Waals surface area contributed by atoms with E-state index in [1.807, 2.05) is 0 Å². The molecule has 0 radical (unpaired) electrons. The van der Waals surface area contributed by atoms with E-state index in [-0.39, 0.29) is 0 Å². The summed E-state index contributed by atoms with van der Waals surface area (Å²) in [5, 5.41) is 3.65. The van der Waals surface area contributed by atoms with Crippen LogP contribution < -0.4 is 5.32 Å². The molecule has 0 spiro atoms. The van der Waals surface area contributed by atoms with Crippen molar-refractivity contribution >= 4 is 0 Å². The summed E-state index contributed by atoms with van der Waals surface area (Å²) in [4.78, 5) is 2.58. The molecule has 1 N–H and O–H groups in total. The molecule has 0 amide bonds. The molecule has 0 aromatic heterocycles. The maximum absolute atomic E-state index is 5.22. The maximum atomic E-state index is 5.22. The van der Waals surface area contributed by atoms with E-state index in [9.17, 15) is 0 Å². The summed E-state index contributed by atoms with van der Waals surface area (Å²) in [6.07, 6.45) is 12.4. The third-order valence-electron chi connectivity index (χ3n) is 3.31. The molecule has 0 saturated carbocycles. The topological polar surface area (TPSA) is 15.3 Å². The van der Waals surface area contributed by atoms with Crippen molar-refractivity contribution in [3.8, 4) is 12.3 Å². The Hall–Kier alpha value is -0.520. The van der Waals surface area contributed by atoms with Gasteiger partial charge in [0.1, 0.15) is 0 Å². The molecule has 0 aromatic rings. The normalized spacial score (nSPS) is 18.5. The van der Waals surface area contributed by atoms with Gasteiger partial charge in [-0.2, -0.15) is 0 Å². The third-order valence-corrected chi connectivity index (χ3v) is 3.31. The Morgan fingerprint density at radius 3 is 2.69 bits per heavy atom. The van der Waals surface area contributed by atoms with Crippen molar-refractivity contribution in [2.45, 2.75) is 51.5 Å². The molecule has 0 bridgehead atoms. The van der Waals surface area contributed by atoms with Gasteiger partial charge >= 0.3 is 0 Å². The highest BCUT2D eigenvalue weighted by atomic mass is 15.1. The van der Waals surface area contributed by atoms with Gasteiger partial charge in [-0.05, 0) is 58.3 Å². The second-order valence-electron chi connectivity index (χ2n) is 4.73. The monoisotopic (exact) mass is 222 g/mol. The summed E-state index contributed by atoms with van der Waals surface area (Å²) in [6, 6.07) is 0.749. The first-order valence-electron chi connectivity index (χ1n) is 6.76. The van der Waals surface area contributed by atoms with Crippen LogP contribution in [0.1, 0.15) is 45.4 Å². The minimum Gasteiger partial charge on any atom is -0.314 e. The molecule has 1 saturated heterocycles. The first kappa shape index (κ1) is 13.5. The van der Waals surface area contributed by atoms with Gasteiger partial charge in [0.2, 0.25) is 0 Å². The lowest BCUT2D eigenvalue weighted by Gasteiger charge is -2.32. The highest BCUT2D eigenvalue weighted by molar-refractivity contribution is 4.83. The van der Waals surface area contributed by atoms with E-state index in [2.05, 4.69) is 23.1 Å². The lowest BCUT2D eigenvalue weighted by Crippen LogP contribution is -2.42. The molecule has 16 heavy (non-hydrogen) atoms. The largest absolute Gasteiger partial charge is 0.314 e. The molecular formula is C14H26N2. The molecule has 0 unspecified atom stereocenters. The minimum absolute atomic E-state index is 0.749. The van der Waals surface area contributed by atoms with Crippen LogP contribution in [0.15, 0.2) is 0 Å². The molecule has 1 aliphatic rings. The van der Waals surface area contributed by atoms with Crippen LogP contribution in [0.25, 0.3) is 0 Å². The summed E-state index contributed by atoms with van der Waals surface area (Å²) in [5.74, 6) is 2.69. The Morgan fingerprint density at radius 1 is 1.31 bits per heavy atom. The third kappa shape index (κ3) is 5.53. The fraction of sp³-hybridized carbons (Fsp3) is 0.857. The number of terminal acetylenes is 1. The summed E-state index contributed by atoms with van der Waals surface area (Å²) < 4.78 is 0. The fourth-order valence-corrected chi connectivity index (χ4v) is 2.34. The van der Waals surface area contributed by atoms with Crippen molar-refractivity contribution in [1.29, 1.82) is 0 Å². The zero-order valence-corrected chi connectivity index (χ0v) is 10.7. The Kier molecular flexibility index (Phi) is 7.29. The van der Waals surface area contributed by atoms with E-state index >= 15 is 0 Å². The number of nitrogens with one attached hydrogen (secondary N) is 1. The summed E-state index contributed by atoms with van der Waals surface area (Å²) >= 11 is 0. The smallest absolute Gasteiger partial charge is 0.00914 e. The molecule has 2 heteroatoms. The quantitative estimate of drug-likeness (QED) is 0.525. The molecule has 2 nitrogen and oxygen atoms in total. The van der Waals surface area contributed by atoms with E-state index in [0.717, 1.165) is 25.4 Å². The number of rotatable bonds is 7. The zero-order valence-electron chi connectivity index (χ0n) is 10.7. The second kappa shape index (κ2) is 8.61. The number of hydrogen-bond donors (Lipinski definition) is 1. The molecule has 1 heterocycles. The van der Waals surface area contributed by atoms with Crippen molar-refractivity contribution in [3.63, 3.8) is 0 Å². The van der Waals surface area contributed by atoms with Gasteiger partial charge in [0, 0.05) is 12.5 Å². The molecule has 0 aliphatic carbocycles. The van der Waals surface area contributed by atoms with Gasteiger partial charge < -0.3 is 10.2 Å². The van der Waals surface area contributed by atoms with Crippen LogP contribution in [0.5, 0.6) is 0 Å². The van der Waals surface area contributed by atoms with Gasteiger partial charge in [0.15, 0.2) is 0 Å². The molecule has 1 rings (SSSR count). The average Bonchev–Trinajstić information content (AvgIpc) is 2.31. The van der Waals surface area contributed by atoms with Crippen LogP contribution >= 0.6 is 0 Å². The fourth-order valence-electron chi connectivity index (χ4n) is 2.34. The van der Waals surface area contributed by atoms with Crippen LogP contribution in [0, 0.1) is 12.3 Å². The van der Waals surface area contributed by atoms with Gasteiger partial charge in [-0.1, -0.05) is 6.92 Å². The van der Waals surface area contributed by atoms with Crippen molar-refractivity contribution in [2.24, 2.45) is 0 Å². The Bertz CT molecular complexity index is 199. The van der Waals surface area contributed by atoms with Crippen LogP contribution in [-0.4, -0.2) is 37.1 Å². The molecule has 0 atom stereocenters. The van der Waals surface area contributed by atoms with E-state index < -0.39 is 0 Å². The highest BCUT2D eigenvalue weighted by Crippen LogP contribution is 2.10. The second-order valence-corrected chi connectivity index (χ2v) is 4.73. The van der Waals surface area contributed by atoms with Crippen LogP contribution in [0.2, 0.25) is 0 Å². The average molecular weight is 222 g/mol. The molecule has 1 fully saturated rings. The lowest BCUT2D eigenvalue weighted by atomic mass is 10.0. The lowest BCUT2D eigenvalue weighted by molar-refractivity contribution is 0.198. The maximum Gasteiger partial charge on any atom is 0.00914 e. The van der Waals surface area contributed by atoms with Crippen molar-refractivity contribution in [3.05, 3.63) is 0 Å². The summed E-state index contributed by atoms with van der Waals surface area (Å²) in [5.41, 5.74) is 0. The van der Waals surface area contributed by atoms with E-state index in [1.165, 1.54) is 45.3 Å². The predicted octanol–water partition coefficient (Wildman–Crippen LogP) is 2.25. The summed E-state index contributed by atoms with van der Waals surface area (Å²) in [7, 11) is 0. The summed E-state index contributed by atoms with van der Waals surface area (Å²) in [6.45, 7) is 7.22. The van der Waals surface area contributed by atoms with Gasteiger partial charge in [-0.25, -0.2) is 0 Å². The van der Waals surface area contributed by atoms with Crippen molar-refractivity contribution in [2.75, 3.05) is 26.2 Å². The zero-order chi connectivity index (χ0) is 11.6. The van der Waals surface area contributed by atoms with Crippen LogP contribution in [-0.2, 0) is 0 Å². The molecule has 1 aliphatic heterocycles. The number of piperidine rings is 1. The van der Waals surface area contributed by atoms with Gasteiger partial charge in [0.25, 0.3) is 0 Å². The van der Waals surface area contributed by atoms with Crippen molar-refractivity contribution < 1.29 is 0 Å². The van der Waals surface area contributed by atoms with Gasteiger partial charge in [-0.3, -0.25) is 0 Å². The Morgan fingerprint density at radius 2 is 2.06 bits per heavy atom. The van der Waals surface area contributed by atoms with Crippen molar-refractivity contribution in [1.82, 2.24) is 10.2 Å². The van der Waals surface area contributed by atoms with Gasteiger partial charge in [-0.15, -0.1) is 12.3 Å². The first-order chi connectivity index (χ1) is 7.86. The predicted molar refractivity (Wildman–Crippen MR) is 70.4 cm³/mol. The minimum atomic E-state index is 0.749. The van der Waals surface area contributed by atoms with Crippen LogP contribution in [0.3, 0.4) is 0 Å². The Labute approximate surface area is 101 Å².